The lowest BCUT2D eigenvalue weighted by Crippen LogP contribution is -2.66. The summed E-state index contributed by atoms with van der Waals surface area (Å²) in [5, 5.41) is 3.76. The lowest BCUT2D eigenvalue weighted by molar-refractivity contribution is -0.107. The van der Waals surface area contributed by atoms with Crippen molar-refractivity contribution in [1.82, 2.24) is 15.1 Å². The highest BCUT2D eigenvalue weighted by atomic mass is 16.6. The Morgan fingerprint density at radius 1 is 0.308 bits per heavy atom. The molecule has 0 aliphatic heterocycles. The highest BCUT2D eigenvalue weighted by molar-refractivity contribution is 4.94. The zero-order chi connectivity index (χ0) is 58.3. The molecule has 0 rings (SSSR count). The van der Waals surface area contributed by atoms with Crippen molar-refractivity contribution in [1.29, 1.82) is 0 Å². The van der Waals surface area contributed by atoms with Crippen LogP contribution in [0.5, 0.6) is 0 Å². The Balaban J connectivity index is 4.82. The summed E-state index contributed by atoms with van der Waals surface area (Å²) >= 11 is 0. The summed E-state index contributed by atoms with van der Waals surface area (Å²) < 4.78 is 92.3. The molecule has 0 saturated heterocycles. The van der Waals surface area contributed by atoms with Gasteiger partial charge in [-0.25, -0.2) is 0 Å². The Hall–Kier alpha value is -0.760. The van der Waals surface area contributed by atoms with Gasteiger partial charge in [0.25, 0.3) is 0 Å². The van der Waals surface area contributed by atoms with Crippen LogP contribution in [-0.4, -0.2) is 261 Å². The van der Waals surface area contributed by atoms with Gasteiger partial charge in [-0.3, -0.25) is 9.80 Å². The summed E-state index contributed by atoms with van der Waals surface area (Å²) in [6.45, 7) is 53.8. The highest BCUT2D eigenvalue weighted by Gasteiger charge is 2.41. The summed E-state index contributed by atoms with van der Waals surface area (Å²) in [7, 11) is 0. The largest absolute Gasteiger partial charge is 0.379 e. The van der Waals surface area contributed by atoms with Gasteiger partial charge >= 0.3 is 0 Å². The standard InChI is InChI=1S/C59H123N3O16/c1-17-58(13,14)78-52-49-75-38-33-64-25-19-18-24-63-31-35-67-28-21-60-57(11,12)53-61(22-29-68-36-32-65-26-20-27-66-34-39-73-47-50-76-55(5,6)7)59(15,16)62(54(2,3)4)23-30-69-37-40-70-41-42-71-43-44-72-45-46-74-48-51-77-56(8,9)10/h60H,17-53H2,1-16H3. The lowest BCUT2D eigenvalue weighted by atomic mass is 9.96. The summed E-state index contributed by atoms with van der Waals surface area (Å²) in [4.78, 5) is 5.05. The Bertz CT molecular complexity index is 1300. The summed E-state index contributed by atoms with van der Waals surface area (Å²) in [5.74, 6) is 0. The number of hydrogen-bond acceptors (Lipinski definition) is 19. The number of ether oxygens (including phenoxy) is 16. The number of nitrogens with zero attached hydrogens (tertiary/aromatic N) is 2. The summed E-state index contributed by atoms with van der Waals surface area (Å²) in [6.07, 6.45) is 3.69. The molecule has 0 atom stereocenters. The zero-order valence-corrected chi connectivity index (χ0v) is 53.1. The van der Waals surface area contributed by atoms with Crippen molar-refractivity contribution in [3.63, 3.8) is 0 Å². The van der Waals surface area contributed by atoms with E-state index < -0.39 is 0 Å². The van der Waals surface area contributed by atoms with Crippen LogP contribution in [0.1, 0.15) is 136 Å². The maximum Gasteiger partial charge on any atom is 0.0707 e. The molecule has 19 nitrogen and oxygen atoms in total. The first-order valence-corrected chi connectivity index (χ1v) is 29.6. The Kier molecular flexibility index (Phi) is 47.1. The van der Waals surface area contributed by atoms with Crippen LogP contribution in [0.3, 0.4) is 0 Å². The number of nitrogens with one attached hydrogen (secondary N) is 1. The molecule has 0 amide bonds. The number of rotatable bonds is 58. The molecule has 78 heavy (non-hydrogen) atoms. The monoisotopic (exact) mass is 1130 g/mol. The van der Waals surface area contributed by atoms with E-state index in [0.29, 0.717) is 192 Å². The fourth-order valence-corrected chi connectivity index (χ4v) is 7.71. The van der Waals surface area contributed by atoms with Crippen molar-refractivity contribution in [2.24, 2.45) is 0 Å². The zero-order valence-electron chi connectivity index (χ0n) is 53.1. The molecule has 0 aliphatic carbocycles. The minimum atomic E-state index is -0.354. The van der Waals surface area contributed by atoms with Crippen LogP contribution in [0.2, 0.25) is 0 Å². The first-order chi connectivity index (χ1) is 36.9. The van der Waals surface area contributed by atoms with Gasteiger partial charge in [0.15, 0.2) is 0 Å². The quantitative estimate of drug-likeness (QED) is 0.0464. The fraction of sp³-hybridized carbons (Fsp3) is 1.00. The molecule has 0 aromatic carbocycles. The van der Waals surface area contributed by atoms with Gasteiger partial charge in [0.05, 0.1) is 188 Å². The van der Waals surface area contributed by atoms with Gasteiger partial charge in [0, 0.05) is 63.7 Å². The minimum absolute atomic E-state index is 0.0987. The van der Waals surface area contributed by atoms with Crippen LogP contribution >= 0.6 is 0 Å². The summed E-state index contributed by atoms with van der Waals surface area (Å²) in [5.41, 5.74) is -1.14. The second-order valence-electron chi connectivity index (χ2n) is 24.0. The molecule has 19 heteroatoms. The van der Waals surface area contributed by atoms with E-state index in [1.165, 1.54) is 0 Å². The molecule has 0 heterocycles. The predicted octanol–water partition coefficient (Wildman–Crippen LogP) is 7.71. The second-order valence-corrected chi connectivity index (χ2v) is 24.0. The fourth-order valence-electron chi connectivity index (χ4n) is 7.71. The molecule has 0 aromatic heterocycles. The molecule has 470 valence electrons. The van der Waals surface area contributed by atoms with Crippen molar-refractivity contribution >= 4 is 0 Å². The average molecular weight is 1130 g/mol. The molecule has 0 aromatic rings. The van der Waals surface area contributed by atoms with Gasteiger partial charge in [-0.05, 0) is 130 Å². The Labute approximate surface area is 477 Å². The van der Waals surface area contributed by atoms with E-state index in [0.717, 1.165) is 51.9 Å². The van der Waals surface area contributed by atoms with E-state index >= 15 is 0 Å². The predicted molar refractivity (Wildman–Crippen MR) is 310 cm³/mol. The molecule has 0 bridgehead atoms. The molecule has 0 fully saturated rings. The minimum Gasteiger partial charge on any atom is -0.379 e. The SMILES string of the molecule is CCC(C)(C)OCCOCCOCCCCOCCOCCNC(C)(C)CN(CCOCCOCCCOCCOCCOC(C)(C)C)C(C)(C)N(CCOCCOCCOCCOCCOCCOC(C)(C)C)C(C)(C)C. The van der Waals surface area contributed by atoms with E-state index in [9.17, 15) is 0 Å². The van der Waals surface area contributed by atoms with Gasteiger partial charge < -0.3 is 81.1 Å². The number of hydrogen-bond donors (Lipinski definition) is 1. The van der Waals surface area contributed by atoms with Gasteiger partial charge in [-0.2, -0.15) is 0 Å². The number of unbranched alkanes of at least 4 members (excludes halogenated alkanes) is 1. The third-order valence-electron chi connectivity index (χ3n) is 12.1. The Morgan fingerprint density at radius 3 is 0.949 bits per heavy atom. The van der Waals surface area contributed by atoms with Crippen LogP contribution in [0.4, 0.5) is 0 Å². The highest BCUT2D eigenvalue weighted by Crippen LogP contribution is 2.29. The van der Waals surface area contributed by atoms with Gasteiger partial charge in [0.1, 0.15) is 0 Å². The van der Waals surface area contributed by atoms with Crippen LogP contribution in [0.15, 0.2) is 0 Å². The van der Waals surface area contributed by atoms with Crippen LogP contribution in [0.25, 0.3) is 0 Å². The molecule has 0 aliphatic rings. The van der Waals surface area contributed by atoms with Crippen LogP contribution in [-0.2, 0) is 75.8 Å². The van der Waals surface area contributed by atoms with Crippen molar-refractivity contribution in [2.45, 2.75) is 170 Å². The van der Waals surface area contributed by atoms with E-state index in [2.05, 4.69) is 84.4 Å². The first-order valence-electron chi connectivity index (χ1n) is 29.6. The van der Waals surface area contributed by atoms with Crippen molar-refractivity contribution in [3.8, 4) is 0 Å². The maximum absolute atomic E-state index is 6.19. The van der Waals surface area contributed by atoms with Gasteiger partial charge in [-0.15, -0.1) is 0 Å². The lowest BCUT2D eigenvalue weighted by Gasteiger charge is -2.54. The van der Waals surface area contributed by atoms with E-state index in [1.807, 2.05) is 41.5 Å². The van der Waals surface area contributed by atoms with Crippen molar-refractivity contribution < 1.29 is 75.8 Å². The molecule has 0 radical (unpaired) electrons. The van der Waals surface area contributed by atoms with Crippen molar-refractivity contribution in [3.05, 3.63) is 0 Å². The molecular formula is C59H123N3O16. The van der Waals surface area contributed by atoms with Crippen LogP contribution < -0.4 is 5.32 Å². The van der Waals surface area contributed by atoms with E-state index in [-0.39, 0.29) is 33.5 Å². The first kappa shape index (κ1) is 77.2. The van der Waals surface area contributed by atoms with E-state index in [1.54, 1.807) is 0 Å². The molecule has 1 N–H and O–H groups in total. The summed E-state index contributed by atoms with van der Waals surface area (Å²) in [6, 6.07) is 0. The normalized spacial score (nSPS) is 13.3. The Morgan fingerprint density at radius 2 is 0.603 bits per heavy atom. The van der Waals surface area contributed by atoms with Crippen LogP contribution in [0, 0.1) is 0 Å². The van der Waals surface area contributed by atoms with Gasteiger partial charge in [-0.1, -0.05) is 6.92 Å². The smallest absolute Gasteiger partial charge is 0.0707 e. The maximum atomic E-state index is 6.19. The van der Waals surface area contributed by atoms with Gasteiger partial charge in [0.2, 0.25) is 0 Å². The topological polar surface area (TPSA) is 166 Å². The molecular weight excluding hydrogens is 1010 g/mol. The average Bonchev–Trinajstić information content (AvgIpc) is 3.35. The molecule has 0 spiro atoms. The third kappa shape index (κ3) is 50.9. The molecule has 0 unspecified atom stereocenters. The van der Waals surface area contributed by atoms with E-state index in [4.69, 9.17) is 75.8 Å². The molecule has 0 saturated carbocycles. The third-order valence-corrected chi connectivity index (χ3v) is 12.1. The van der Waals surface area contributed by atoms with Crippen molar-refractivity contribution in [2.75, 3.05) is 218 Å². The second kappa shape index (κ2) is 47.6.